The fourth-order valence-corrected chi connectivity index (χ4v) is 2.01. The van der Waals surface area contributed by atoms with E-state index in [-0.39, 0.29) is 0 Å². The second-order valence-electron chi connectivity index (χ2n) is 4.95. The van der Waals surface area contributed by atoms with Crippen LogP contribution in [0.15, 0.2) is 0 Å². The molecule has 1 unspecified atom stereocenters. The molecule has 0 aromatic rings. The Bertz CT molecular complexity index is 151. The first kappa shape index (κ1) is 12.0. The smallest absolute Gasteiger partial charge is 0.0259 e. The molecule has 1 rings (SSSR count). The van der Waals surface area contributed by atoms with Crippen molar-refractivity contribution in [3.8, 4) is 0 Å². The number of nitrogens with one attached hydrogen (secondary N) is 1. The van der Waals surface area contributed by atoms with Crippen molar-refractivity contribution in [3.05, 3.63) is 0 Å². The molecule has 1 heterocycles. The Kier molecular flexibility index (Phi) is 4.85. The maximum atomic E-state index is 3.58. The van der Waals surface area contributed by atoms with Crippen LogP contribution in [0.1, 0.15) is 27.2 Å². The van der Waals surface area contributed by atoms with Gasteiger partial charge in [0.25, 0.3) is 0 Å². The average molecular weight is 199 g/mol. The molecule has 0 bridgehead atoms. The first-order valence-corrected chi connectivity index (χ1v) is 5.77. The van der Waals surface area contributed by atoms with Gasteiger partial charge in [0.2, 0.25) is 0 Å². The molecule has 0 radical (unpaired) electrons. The quantitative estimate of drug-likeness (QED) is 0.733. The van der Waals surface area contributed by atoms with Gasteiger partial charge in [-0.15, -0.1) is 0 Å². The fraction of sp³-hybridized carbons (Fsp3) is 1.00. The number of piperazine rings is 1. The van der Waals surface area contributed by atoms with Crippen molar-refractivity contribution in [1.29, 1.82) is 0 Å². The van der Waals surface area contributed by atoms with Crippen LogP contribution in [-0.2, 0) is 0 Å². The first-order chi connectivity index (χ1) is 6.58. The zero-order valence-electron chi connectivity index (χ0n) is 10.1. The van der Waals surface area contributed by atoms with Crippen LogP contribution in [0.2, 0.25) is 0 Å². The Labute approximate surface area is 88.4 Å². The largest absolute Gasteiger partial charge is 0.304 e. The molecular formula is C11H25N3. The van der Waals surface area contributed by atoms with E-state index >= 15 is 0 Å². The van der Waals surface area contributed by atoms with Gasteiger partial charge in [-0.25, -0.2) is 5.01 Å². The highest BCUT2D eigenvalue weighted by atomic mass is 15.5. The Hall–Kier alpha value is -0.120. The zero-order valence-corrected chi connectivity index (χ0v) is 10.1. The summed E-state index contributed by atoms with van der Waals surface area (Å²) in [5, 5.41) is 2.37. The van der Waals surface area contributed by atoms with E-state index in [1.54, 1.807) is 0 Å². The molecule has 1 aliphatic rings. The van der Waals surface area contributed by atoms with Gasteiger partial charge in [-0.2, -0.15) is 0 Å². The Morgan fingerprint density at radius 2 is 1.64 bits per heavy atom. The lowest BCUT2D eigenvalue weighted by Crippen LogP contribution is -2.53. The lowest BCUT2D eigenvalue weighted by Gasteiger charge is -2.34. The summed E-state index contributed by atoms with van der Waals surface area (Å²) >= 11 is 0. The van der Waals surface area contributed by atoms with Crippen molar-refractivity contribution >= 4 is 0 Å². The van der Waals surface area contributed by atoms with Crippen LogP contribution >= 0.6 is 0 Å². The lowest BCUT2D eigenvalue weighted by molar-refractivity contribution is 0.0858. The summed E-state index contributed by atoms with van der Waals surface area (Å²) in [6.45, 7) is 11.5. The normalized spacial score (nSPS) is 22.9. The third kappa shape index (κ3) is 4.40. The molecule has 0 saturated carbocycles. The van der Waals surface area contributed by atoms with E-state index in [1.807, 2.05) is 0 Å². The van der Waals surface area contributed by atoms with Gasteiger partial charge in [0.15, 0.2) is 0 Å². The highest BCUT2D eigenvalue weighted by Crippen LogP contribution is 2.05. The molecule has 3 nitrogen and oxygen atoms in total. The van der Waals surface area contributed by atoms with Crippen molar-refractivity contribution in [2.75, 3.05) is 33.2 Å². The molecule has 0 aromatic heterocycles. The number of hydrogen-bond acceptors (Lipinski definition) is 3. The molecule has 1 aliphatic heterocycles. The van der Waals surface area contributed by atoms with Gasteiger partial charge in [0, 0.05) is 32.2 Å². The van der Waals surface area contributed by atoms with Crippen molar-refractivity contribution in [2.24, 2.45) is 5.92 Å². The van der Waals surface area contributed by atoms with Crippen LogP contribution in [0.25, 0.3) is 0 Å². The summed E-state index contributed by atoms with van der Waals surface area (Å²) in [5.41, 5.74) is 3.58. The van der Waals surface area contributed by atoms with Gasteiger partial charge in [0.1, 0.15) is 0 Å². The number of likely N-dealkylation sites (N-methyl/N-ethyl adjacent to an activating group) is 1. The van der Waals surface area contributed by atoms with Gasteiger partial charge in [-0.05, 0) is 26.3 Å². The third-order valence-electron chi connectivity index (χ3n) is 2.73. The van der Waals surface area contributed by atoms with Crippen molar-refractivity contribution < 1.29 is 0 Å². The van der Waals surface area contributed by atoms with Gasteiger partial charge in [0.05, 0.1) is 0 Å². The van der Waals surface area contributed by atoms with Crippen molar-refractivity contribution in [2.45, 2.75) is 33.2 Å². The van der Waals surface area contributed by atoms with Crippen LogP contribution in [0, 0.1) is 5.92 Å². The Morgan fingerprint density at radius 3 is 2.14 bits per heavy atom. The summed E-state index contributed by atoms with van der Waals surface area (Å²) in [5.74, 6) is 0.782. The van der Waals surface area contributed by atoms with Gasteiger partial charge < -0.3 is 4.90 Å². The molecule has 1 fully saturated rings. The average Bonchev–Trinajstić information content (AvgIpc) is 2.07. The van der Waals surface area contributed by atoms with Crippen LogP contribution < -0.4 is 5.43 Å². The van der Waals surface area contributed by atoms with Crippen LogP contribution in [0.5, 0.6) is 0 Å². The molecule has 0 aliphatic carbocycles. The molecular weight excluding hydrogens is 174 g/mol. The maximum Gasteiger partial charge on any atom is 0.0259 e. The molecule has 1 saturated heterocycles. The second-order valence-corrected chi connectivity index (χ2v) is 4.95. The van der Waals surface area contributed by atoms with E-state index in [0.29, 0.717) is 6.04 Å². The summed E-state index contributed by atoms with van der Waals surface area (Å²) < 4.78 is 0. The fourth-order valence-electron chi connectivity index (χ4n) is 2.01. The number of hydrazine groups is 1. The number of rotatable bonds is 4. The molecule has 1 N–H and O–H groups in total. The predicted molar refractivity (Wildman–Crippen MR) is 61.1 cm³/mol. The van der Waals surface area contributed by atoms with Crippen molar-refractivity contribution in [1.82, 2.24) is 15.3 Å². The minimum absolute atomic E-state index is 0.610. The molecule has 0 spiro atoms. The van der Waals surface area contributed by atoms with E-state index in [0.717, 1.165) is 19.0 Å². The highest BCUT2D eigenvalue weighted by molar-refractivity contribution is 4.69. The minimum Gasteiger partial charge on any atom is -0.304 e. The van der Waals surface area contributed by atoms with Gasteiger partial charge in [-0.3, -0.25) is 5.43 Å². The topological polar surface area (TPSA) is 18.5 Å². The first-order valence-electron chi connectivity index (χ1n) is 5.77. The number of nitrogens with zero attached hydrogens (tertiary/aromatic N) is 2. The summed E-state index contributed by atoms with van der Waals surface area (Å²) in [6.07, 6.45) is 1.26. The maximum absolute atomic E-state index is 3.58. The molecule has 1 atom stereocenters. The monoisotopic (exact) mass is 199 g/mol. The Balaban J connectivity index is 2.17. The molecule has 0 amide bonds. The second kappa shape index (κ2) is 5.69. The lowest BCUT2D eigenvalue weighted by atomic mass is 10.1. The van der Waals surface area contributed by atoms with Gasteiger partial charge in [-0.1, -0.05) is 13.8 Å². The summed E-state index contributed by atoms with van der Waals surface area (Å²) in [6, 6.07) is 0.610. The van der Waals surface area contributed by atoms with E-state index in [1.165, 1.54) is 19.5 Å². The van der Waals surface area contributed by atoms with E-state index in [9.17, 15) is 0 Å². The predicted octanol–water partition coefficient (Wildman–Crippen LogP) is 1.17. The number of hydrogen-bond donors (Lipinski definition) is 1. The van der Waals surface area contributed by atoms with Crippen LogP contribution in [0.3, 0.4) is 0 Å². The minimum atomic E-state index is 0.610. The molecule has 14 heavy (non-hydrogen) atoms. The van der Waals surface area contributed by atoms with E-state index < -0.39 is 0 Å². The third-order valence-corrected chi connectivity index (χ3v) is 2.73. The highest BCUT2D eigenvalue weighted by Gasteiger charge is 2.15. The van der Waals surface area contributed by atoms with E-state index in [4.69, 9.17) is 0 Å². The summed E-state index contributed by atoms with van der Waals surface area (Å²) in [7, 11) is 2.19. The SMILES string of the molecule is CC(C)CC(C)NN1CCN(C)CC1. The van der Waals surface area contributed by atoms with Crippen LogP contribution in [-0.4, -0.2) is 49.2 Å². The van der Waals surface area contributed by atoms with E-state index in [2.05, 4.69) is 43.2 Å². The Morgan fingerprint density at radius 1 is 1.07 bits per heavy atom. The zero-order chi connectivity index (χ0) is 10.6. The van der Waals surface area contributed by atoms with Crippen LogP contribution in [0.4, 0.5) is 0 Å². The standard InChI is InChI=1S/C11H25N3/c1-10(2)9-11(3)12-14-7-5-13(4)6-8-14/h10-12H,5-9H2,1-4H3. The molecule has 0 aromatic carbocycles. The molecule has 3 heteroatoms. The van der Waals surface area contributed by atoms with Crippen molar-refractivity contribution in [3.63, 3.8) is 0 Å². The molecule has 84 valence electrons. The summed E-state index contributed by atoms with van der Waals surface area (Å²) in [4.78, 5) is 2.38. The van der Waals surface area contributed by atoms with Gasteiger partial charge >= 0.3 is 0 Å².